The summed E-state index contributed by atoms with van der Waals surface area (Å²) in [5.41, 5.74) is 5.27. The summed E-state index contributed by atoms with van der Waals surface area (Å²) in [5, 5.41) is 19.1. The van der Waals surface area contributed by atoms with E-state index >= 15 is 0 Å². The smallest absolute Gasteiger partial charge is 0.324 e. The highest BCUT2D eigenvalue weighted by Gasteiger charge is 2.47. The van der Waals surface area contributed by atoms with Crippen molar-refractivity contribution in [2.75, 3.05) is 19.6 Å². The van der Waals surface area contributed by atoms with Gasteiger partial charge in [0.1, 0.15) is 5.54 Å². The Balaban J connectivity index is 1.96. The van der Waals surface area contributed by atoms with Crippen molar-refractivity contribution in [3.05, 3.63) is 0 Å². The summed E-state index contributed by atoms with van der Waals surface area (Å²) >= 11 is 0. The van der Waals surface area contributed by atoms with E-state index < -0.39 is 11.5 Å². The first kappa shape index (κ1) is 17.8. The minimum absolute atomic E-state index is 0.0471. The number of hydrogen-bond acceptors (Lipinski definition) is 4. The third-order valence-corrected chi connectivity index (χ3v) is 5.60. The van der Waals surface area contributed by atoms with Crippen molar-refractivity contribution in [2.24, 2.45) is 17.6 Å². The molecule has 126 valence electrons. The van der Waals surface area contributed by atoms with Crippen molar-refractivity contribution >= 4 is 12.9 Å². The van der Waals surface area contributed by atoms with E-state index in [2.05, 4.69) is 4.90 Å². The van der Waals surface area contributed by atoms with E-state index in [-0.39, 0.29) is 12.8 Å². The van der Waals surface area contributed by atoms with Gasteiger partial charge in [-0.3, -0.25) is 4.79 Å². The molecule has 3 atom stereocenters. The Kier molecular flexibility index (Phi) is 6.30. The molecule has 0 radical (unpaired) electrons. The van der Waals surface area contributed by atoms with E-state index in [1.807, 2.05) is 0 Å². The van der Waals surface area contributed by atoms with Crippen LogP contribution < -0.4 is 5.73 Å². The number of likely N-dealkylation sites (tertiary alicyclic amines) is 1. The van der Waals surface area contributed by atoms with E-state index in [0.717, 1.165) is 45.2 Å². The summed E-state index contributed by atoms with van der Waals surface area (Å²) in [5.74, 6) is -0.476. The van der Waals surface area contributed by atoms with Crippen LogP contribution in [0.1, 0.15) is 44.9 Å². The molecule has 1 saturated carbocycles. The Morgan fingerprint density at radius 3 is 2.59 bits per heavy atom. The van der Waals surface area contributed by atoms with Crippen LogP contribution in [0.2, 0.25) is 13.1 Å². The Bertz CT molecular complexity index is 374. The van der Waals surface area contributed by atoms with Gasteiger partial charge in [0, 0.05) is 12.5 Å². The molecule has 0 aromatic heterocycles. The SMILES string of the molecule is CB(O)CC[C@@H]1CC[C@@H](CN2CCCCC2)[C@@](N)(C(=O)O)C1. The summed E-state index contributed by atoms with van der Waals surface area (Å²) in [4.78, 5) is 14.2. The van der Waals surface area contributed by atoms with Crippen molar-refractivity contribution in [3.8, 4) is 0 Å². The largest absolute Gasteiger partial charge is 0.480 e. The van der Waals surface area contributed by atoms with Crippen LogP contribution in [0.3, 0.4) is 0 Å². The molecule has 2 fully saturated rings. The Morgan fingerprint density at radius 1 is 1.32 bits per heavy atom. The number of carboxylic acids is 1. The van der Waals surface area contributed by atoms with Crippen LogP contribution >= 0.6 is 0 Å². The van der Waals surface area contributed by atoms with Crippen LogP contribution in [0.15, 0.2) is 0 Å². The predicted octanol–water partition coefficient (Wildman–Crippen LogP) is 1.67. The molecule has 0 aromatic carbocycles. The van der Waals surface area contributed by atoms with Gasteiger partial charge in [-0.25, -0.2) is 0 Å². The van der Waals surface area contributed by atoms with Crippen LogP contribution in [0.25, 0.3) is 0 Å². The second-order valence-corrected chi connectivity index (χ2v) is 7.48. The first-order valence-electron chi connectivity index (χ1n) is 8.84. The minimum Gasteiger partial charge on any atom is -0.480 e. The van der Waals surface area contributed by atoms with Crippen molar-refractivity contribution in [3.63, 3.8) is 0 Å². The van der Waals surface area contributed by atoms with E-state index in [9.17, 15) is 14.9 Å². The first-order chi connectivity index (χ1) is 10.4. The highest BCUT2D eigenvalue weighted by Crippen LogP contribution is 2.39. The van der Waals surface area contributed by atoms with Crippen molar-refractivity contribution in [1.82, 2.24) is 4.90 Å². The summed E-state index contributed by atoms with van der Waals surface area (Å²) in [7, 11) is 0. The molecule has 1 heterocycles. The summed E-state index contributed by atoms with van der Waals surface area (Å²) < 4.78 is 0. The lowest BCUT2D eigenvalue weighted by atomic mass is 9.62. The second-order valence-electron chi connectivity index (χ2n) is 7.48. The molecule has 0 unspecified atom stereocenters. The van der Waals surface area contributed by atoms with Gasteiger partial charge in [-0.2, -0.15) is 0 Å². The zero-order valence-corrected chi connectivity index (χ0v) is 13.8. The van der Waals surface area contributed by atoms with Crippen molar-refractivity contribution in [2.45, 2.75) is 63.6 Å². The molecule has 1 aliphatic heterocycles. The number of nitrogens with zero attached hydrogens (tertiary/aromatic N) is 1. The lowest BCUT2D eigenvalue weighted by Gasteiger charge is -2.44. The minimum atomic E-state index is -1.10. The third-order valence-electron chi connectivity index (χ3n) is 5.60. The fraction of sp³-hybridized carbons (Fsp3) is 0.938. The van der Waals surface area contributed by atoms with Gasteiger partial charge in [-0.1, -0.05) is 19.7 Å². The van der Waals surface area contributed by atoms with Crippen LogP contribution in [0.4, 0.5) is 0 Å². The fourth-order valence-electron chi connectivity index (χ4n) is 4.13. The number of rotatable bonds is 6. The second kappa shape index (κ2) is 7.80. The molecule has 22 heavy (non-hydrogen) atoms. The van der Waals surface area contributed by atoms with Crippen LogP contribution in [-0.2, 0) is 4.79 Å². The highest BCUT2D eigenvalue weighted by atomic mass is 16.4. The van der Waals surface area contributed by atoms with Gasteiger partial charge >= 0.3 is 5.97 Å². The number of aliphatic carboxylic acids is 1. The van der Waals surface area contributed by atoms with Gasteiger partial charge in [0.25, 0.3) is 6.92 Å². The Labute approximate surface area is 134 Å². The molecule has 1 aliphatic carbocycles. The summed E-state index contributed by atoms with van der Waals surface area (Å²) in [6, 6.07) is 0. The zero-order valence-electron chi connectivity index (χ0n) is 13.8. The lowest BCUT2D eigenvalue weighted by molar-refractivity contribution is -0.148. The van der Waals surface area contributed by atoms with E-state index in [4.69, 9.17) is 5.73 Å². The molecule has 1 saturated heterocycles. The average molecular weight is 310 g/mol. The molecule has 6 heteroatoms. The zero-order chi connectivity index (χ0) is 16.2. The number of carbonyl (C=O) groups is 1. The molecule has 2 aliphatic rings. The average Bonchev–Trinajstić information content (AvgIpc) is 2.48. The topological polar surface area (TPSA) is 86.8 Å². The predicted molar refractivity (Wildman–Crippen MR) is 88.9 cm³/mol. The summed E-state index contributed by atoms with van der Waals surface area (Å²) in [6.07, 6.45) is 7.81. The highest BCUT2D eigenvalue weighted by molar-refractivity contribution is 6.48. The number of hydrogen-bond donors (Lipinski definition) is 3. The molecule has 0 bridgehead atoms. The maximum Gasteiger partial charge on any atom is 0.324 e. The van der Waals surface area contributed by atoms with E-state index in [1.165, 1.54) is 19.3 Å². The molecular formula is C16H31BN2O3. The van der Waals surface area contributed by atoms with Gasteiger partial charge in [-0.15, -0.1) is 0 Å². The quantitative estimate of drug-likeness (QED) is 0.650. The maximum atomic E-state index is 11.8. The summed E-state index contributed by atoms with van der Waals surface area (Å²) in [6.45, 7) is 4.46. The number of carboxylic acid groups (broad SMARTS) is 1. The van der Waals surface area contributed by atoms with Crippen molar-refractivity contribution in [1.29, 1.82) is 0 Å². The lowest BCUT2D eigenvalue weighted by Crippen LogP contribution is -2.60. The Morgan fingerprint density at radius 2 is 2.00 bits per heavy atom. The van der Waals surface area contributed by atoms with Gasteiger partial charge in [0.2, 0.25) is 0 Å². The first-order valence-corrected chi connectivity index (χ1v) is 8.84. The molecule has 5 nitrogen and oxygen atoms in total. The number of piperidine rings is 1. The molecule has 0 spiro atoms. The van der Waals surface area contributed by atoms with Gasteiger partial charge in [0.15, 0.2) is 0 Å². The van der Waals surface area contributed by atoms with Crippen LogP contribution in [-0.4, -0.2) is 53.1 Å². The fourth-order valence-corrected chi connectivity index (χ4v) is 4.13. The molecule has 2 rings (SSSR count). The van der Waals surface area contributed by atoms with E-state index in [0.29, 0.717) is 12.3 Å². The molecule has 4 N–H and O–H groups in total. The maximum absolute atomic E-state index is 11.8. The van der Waals surface area contributed by atoms with Crippen molar-refractivity contribution < 1.29 is 14.9 Å². The molecular weight excluding hydrogens is 279 g/mol. The molecule has 0 aromatic rings. The van der Waals surface area contributed by atoms with E-state index in [1.54, 1.807) is 6.82 Å². The van der Waals surface area contributed by atoms with Crippen LogP contribution in [0, 0.1) is 11.8 Å². The van der Waals surface area contributed by atoms with Gasteiger partial charge < -0.3 is 20.8 Å². The van der Waals surface area contributed by atoms with Gasteiger partial charge in [-0.05, 0) is 57.4 Å². The Hall–Kier alpha value is -0.585. The molecule has 0 amide bonds. The number of nitrogens with two attached hydrogens (primary N) is 1. The third kappa shape index (κ3) is 4.46. The van der Waals surface area contributed by atoms with Gasteiger partial charge in [0.05, 0.1) is 0 Å². The van der Waals surface area contributed by atoms with Crippen LogP contribution in [0.5, 0.6) is 0 Å². The monoisotopic (exact) mass is 310 g/mol. The standard InChI is InChI=1S/C16H31BN2O3/c1-17(22)8-7-13-5-6-14(16(18,11-13)15(20)21)12-19-9-3-2-4-10-19/h13-14,22H,2-12,18H2,1H3,(H,20,21)/t13-,14-,16+/m0/s1. The normalized spacial score (nSPS) is 33.6.